The Kier molecular flexibility index (Phi) is 5.27. The molecule has 1 saturated heterocycles. The standard InChI is InChI=1S/C25H34N4O2/c1-3-28-18-26-27-22(28)21-16-29(17-24(21)12-7-13-24)23(30)25(14-5-4-6-15-25)19-8-10-20(31-2)11-9-19/h8-11,18,21H,3-7,12-17H2,1-2H3. The predicted octanol–water partition coefficient (Wildman–Crippen LogP) is 4.30. The summed E-state index contributed by atoms with van der Waals surface area (Å²) in [6.07, 6.45) is 10.8. The first-order valence-electron chi connectivity index (χ1n) is 11.9. The molecule has 1 aliphatic heterocycles. The number of amides is 1. The van der Waals surface area contributed by atoms with Crippen LogP contribution in [0.2, 0.25) is 0 Å². The molecule has 0 bridgehead atoms. The van der Waals surface area contributed by atoms with Crippen LogP contribution >= 0.6 is 0 Å². The van der Waals surface area contributed by atoms with Gasteiger partial charge in [-0.15, -0.1) is 10.2 Å². The zero-order valence-electron chi connectivity index (χ0n) is 18.8. The zero-order chi connectivity index (χ0) is 21.5. The molecule has 1 unspecified atom stereocenters. The largest absolute Gasteiger partial charge is 0.497 e. The summed E-state index contributed by atoms with van der Waals surface area (Å²) in [5.41, 5.74) is 0.939. The lowest BCUT2D eigenvalue weighted by molar-refractivity contribution is -0.138. The molecule has 6 nitrogen and oxygen atoms in total. The SMILES string of the molecule is CCn1cnnc1C1CN(C(=O)C2(c3ccc(OC)cc3)CCCCC2)CC12CCC2. The predicted molar refractivity (Wildman–Crippen MR) is 119 cm³/mol. The van der Waals surface area contributed by atoms with Gasteiger partial charge in [0.1, 0.15) is 17.9 Å². The highest BCUT2D eigenvalue weighted by atomic mass is 16.5. The first-order valence-corrected chi connectivity index (χ1v) is 11.9. The first-order chi connectivity index (χ1) is 15.1. The maximum Gasteiger partial charge on any atom is 0.233 e. The lowest BCUT2D eigenvalue weighted by atomic mass is 9.62. The Labute approximate surface area is 185 Å². The van der Waals surface area contributed by atoms with E-state index in [-0.39, 0.29) is 5.41 Å². The zero-order valence-corrected chi connectivity index (χ0v) is 18.8. The number of hydrogen-bond donors (Lipinski definition) is 0. The van der Waals surface area contributed by atoms with Gasteiger partial charge < -0.3 is 14.2 Å². The van der Waals surface area contributed by atoms with Crippen molar-refractivity contribution >= 4 is 5.91 Å². The molecule has 1 atom stereocenters. The van der Waals surface area contributed by atoms with Crippen molar-refractivity contribution in [2.75, 3.05) is 20.2 Å². The van der Waals surface area contributed by atoms with Crippen LogP contribution in [-0.4, -0.2) is 45.8 Å². The van der Waals surface area contributed by atoms with Gasteiger partial charge in [0.15, 0.2) is 0 Å². The van der Waals surface area contributed by atoms with Crippen molar-refractivity contribution in [3.05, 3.63) is 42.0 Å². The van der Waals surface area contributed by atoms with E-state index in [0.29, 0.717) is 11.8 Å². The summed E-state index contributed by atoms with van der Waals surface area (Å²) >= 11 is 0. The third-order valence-electron chi connectivity index (χ3n) is 8.34. The molecule has 1 amide bonds. The van der Waals surface area contributed by atoms with Gasteiger partial charge in [0.25, 0.3) is 0 Å². The Balaban J connectivity index is 1.47. The van der Waals surface area contributed by atoms with Gasteiger partial charge in [0, 0.05) is 25.6 Å². The molecule has 0 N–H and O–H groups in total. The average molecular weight is 423 g/mol. The number of methoxy groups -OCH3 is 1. The van der Waals surface area contributed by atoms with E-state index in [1.54, 1.807) is 7.11 Å². The smallest absolute Gasteiger partial charge is 0.233 e. The average Bonchev–Trinajstić information content (AvgIpc) is 3.43. The molecule has 2 aliphatic carbocycles. The van der Waals surface area contributed by atoms with E-state index < -0.39 is 5.41 Å². The minimum Gasteiger partial charge on any atom is -0.497 e. The molecule has 5 rings (SSSR count). The van der Waals surface area contributed by atoms with Gasteiger partial charge in [-0.1, -0.05) is 37.8 Å². The summed E-state index contributed by atoms with van der Waals surface area (Å²) in [4.78, 5) is 16.4. The fourth-order valence-corrected chi connectivity index (χ4v) is 6.39. The lowest BCUT2D eigenvalue weighted by Crippen LogP contribution is -2.48. The molecule has 31 heavy (non-hydrogen) atoms. The Morgan fingerprint density at radius 2 is 1.84 bits per heavy atom. The van der Waals surface area contributed by atoms with Crippen LogP contribution in [0.25, 0.3) is 0 Å². The first kappa shape index (κ1) is 20.5. The van der Waals surface area contributed by atoms with Crippen LogP contribution in [0.1, 0.15) is 75.6 Å². The summed E-state index contributed by atoms with van der Waals surface area (Å²) < 4.78 is 7.53. The molecule has 166 valence electrons. The van der Waals surface area contributed by atoms with Crippen molar-refractivity contribution in [1.82, 2.24) is 19.7 Å². The second-order valence-corrected chi connectivity index (χ2v) is 9.80. The fraction of sp³-hybridized carbons (Fsp3) is 0.640. The quantitative estimate of drug-likeness (QED) is 0.721. The van der Waals surface area contributed by atoms with Gasteiger partial charge in [-0.2, -0.15) is 0 Å². The summed E-state index contributed by atoms with van der Waals surface area (Å²) in [7, 11) is 1.69. The van der Waals surface area contributed by atoms with E-state index in [1.807, 2.05) is 18.5 Å². The summed E-state index contributed by atoms with van der Waals surface area (Å²) in [5, 5.41) is 8.70. The number of hydrogen-bond acceptors (Lipinski definition) is 4. The van der Waals surface area contributed by atoms with Gasteiger partial charge >= 0.3 is 0 Å². The number of ether oxygens (including phenoxy) is 1. The van der Waals surface area contributed by atoms with Crippen LogP contribution in [0, 0.1) is 5.41 Å². The van der Waals surface area contributed by atoms with E-state index in [9.17, 15) is 4.79 Å². The van der Waals surface area contributed by atoms with Crippen LogP contribution in [0.5, 0.6) is 5.75 Å². The van der Waals surface area contributed by atoms with Gasteiger partial charge in [-0.05, 0) is 55.7 Å². The molecule has 3 aliphatic rings. The van der Waals surface area contributed by atoms with Crippen molar-refractivity contribution in [2.45, 2.75) is 76.2 Å². The Morgan fingerprint density at radius 1 is 1.10 bits per heavy atom. The lowest BCUT2D eigenvalue weighted by Gasteiger charge is -2.43. The van der Waals surface area contributed by atoms with Gasteiger partial charge in [-0.25, -0.2) is 0 Å². The normalized spacial score (nSPS) is 24.2. The Morgan fingerprint density at radius 3 is 2.45 bits per heavy atom. The fourth-order valence-electron chi connectivity index (χ4n) is 6.39. The molecule has 2 heterocycles. The minimum atomic E-state index is -0.400. The highest BCUT2D eigenvalue weighted by Crippen LogP contribution is 2.56. The minimum absolute atomic E-state index is 0.186. The monoisotopic (exact) mass is 422 g/mol. The van der Waals surface area contributed by atoms with Gasteiger partial charge in [0.05, 0.1) is 12.5 Å². The molecule has 3 fully saturated rings. The van der Waals surface area contributed by atoms with Gasteiger partial charge in [0.2, 0.25) is 5.91 Å². The number of aromatic nitrogens is 3. The van der Waals surface area contributed by atoms with E-state index in [1.165, 1.54) is 25.7 Å². The van der Waals surface area contributed by atoms with Crippen LogP contribution in [0.4, 0.5) is 0 Å². The topological polar surface area (TPSA) is 60.2 Å². The third-order valence-corrected chi connectivity index (χ3v) is 8.34. The summed E-state index contributed by atoms with van der Waals surface area (Å²) in [6, 6.07) is 8.23. The van der Waals surface area contributed by atoms with E-state index in [4.69, 9.17) is 4.74 Å². The second kappa shape index (κ2) is 7.95. The van der Waals surface area contributed by atoms with E-state index >= 15 is 0 Å². The van der Waals surface area contributed by atoms with Crippen molar-refractivity contribution in [2.24, 2.45) is 5.41 Å². The highest BCUT2D eigenvalue weighted by molar-refractivity contribution is 5.89. The Hall–Kier alpha value is -2.37. The summed E-state index contributed by atoms with van der Waals surface area (Å²) in [5.74, 6) is 2.54. The number of carbonyl (C=O) groups is 1. The molecular formula is C25H34N4O2. The molecular weight excluding hydrogens is 388 g/mol. The third kappa shape index (κ3) is 3.26. The van der Waals surface area contributed by atoms with Gasteiger partial charge in [-0.3, -0.25) is 4.79 Å². The van der Waals surface area contributed by atoms with Crippen LogP contribution < -0.4 is 4.74 Å². The highest BCUT2D eigenvalue weighted by Gasteiger charge is 2.56. The number of likely N-dealkylation sites (tertiary alicyclic amines) is 1. The molecule has 1 spiro atoms. The van der Waals surface area contributed by atoms with Crippen LogP contribution in [0.15, 0.2) is 30.6 Å². The van der Waals surface area contributed by atoms with E-state index in [2.05, 4.69) is 38.7 Å². The maximum atomic E-state index is 14.2. The Bertz CT molecular complexity index is 925. The maximum absolute atomic E-state index is 14.2. The number of aryl methyl sites for hydroxylation is 1. The van der Waals surface area contributed by atoms with Crippen molar-refractivity contribution in [1.29, 1.82) is 0 Å². The number of nitrogens with zero attached hydrogens (tertiary/aromatic N) is 4. The number of benzene rings is 1. The molecule has 6 heteroatoms. The van der Waals surface area contributed by atoms with Crippen LogP contribution in [0.3, 0.4) is 0 Å². The van der Waals surface area contributed by atoms with Crippen LogP contribution in [-0.2, 0) is 16.8 Å². The van der Waals surface area contributed by atoms with Crippen molar-refractivity contribution in [3.8, 4) is 5.75 Å². The molecule has 2 saturated carbocycles. The molecule has 1 aromatic carbocycles. The summed E-state index contributed by atoms with van der Waals surface area (Å²) in [6.45, 7) is 4.65. The van der Waals surface area contributed by atoms with Crippen molar-refractivity contribution in [3.63, 3.8) is 0 Å². The molecule has 1 aromatic heterocycles. The number of carbonyl (C=O) groups excluding carboxylic acids is 1. The number of rotatable bonds is 5. The molecule has 2 aromatic rings. The molecule has 0 radical (unpaired) electrons. The van der Waals surface area contributed by atoms with E-state index in [0.717, 1.165) is 62.5 Å². The van der Waals surface area contributed by atoms with Crippen molar-refractivity contribution < 1.29 is 9.53 Å². The second-order valence-electron chi connectivity index (χ2n) is 9.80.